The summed E-state index contributed by atoms with van der Waals surface area (Å²) in [6, 6.07) is 21.8. The Labute approximate surface area is 197 Å². The average molecular weight is 476 g/mol. The highest BCUT2D eigenvalue weighted by Gasteiger charge is 2.41. The van der Waals surface area contributed by atoms with Crippen molar-refractivity contribution in [1.29, 1.82) is 0 Å². The van der Waals surface area contributed by atoms with Crippen molar-refractivity contribution in [2.75, 3.05) is 18.4 Å². The number of rotatable bonds is 5. The first-order chi connectivity index (χ1) is 16.4. The molecule has 1 fully saturated rings. The van der Waals surface area contributed by atoms with Crippen LogP contribution in [0.3, 0.4) is 0 Å². The smallest absolute Gasteiger partial charge is 0.238 e. The van der Waals surface area contributed by atoms with Crippen LogP contribution < -0.4 is 15.8 Å². The first-order valence-corrected chi connectivity index (χ1v) is 12.6. The van der Waals surface area contributed by atoms with Crippen LogP contribution in [0.15, 0.2) is 77.7 Å². The van der Waals surface area contributed by atoms with Crippen LogP contribution in [0.5, 0.6) is 0 Å². The molecular formula is C25H25N5O3S. The summed E-state index contributed by atoms with van der Waals surface area (Å²) in [5.74, 6) is -0.0409. The van der Waals surface area contributed by atoms with Gasteiger partial charge in [-0.3, -0.25) is 9.89 Å². The molecule has 0 saturated carbocycles. The van der Waals surface area contributed by atoms with E-state index in [0.717, 1.165) is 29.6 Å². The van der Waals surface area contributed by atoms with Gasteiger partial charge < -0.3 is 10.6 Å². The monoisotopic (exact) mass is 475 g/mol. The molecule has 0 atom stereocenters. The van der Waals surface area contributed by atoms with E-state index in [0.29, 0.717) is 29.8 Å². The molecule has 174 valence electrons. The van der Waals surface area contributed by atoms with Crippen LogP contribution >= 0.6 is 0 Å². The van der Waals surface area contributed by atoms with E-state index in [1.807, 2.05) is 48.5 Å². The normalized spacial score (nSPS) is 15.8. The number of piperidine rings is 1. The van der Waals surface area contributed by atoms with Gasteiger partial charge in [0.05, 0.1) is 15.8 Å². The zero-order valence-electron chi connectivity index (χ0n) is 18.4. The van der Waals surface area contributed by atoms with Crippen molar-refractivity contribution in [3.8, 4) is 11.3 Å². The third kappa shape index (κ3) is 4.09. The lowest BCUT2D eigenvalue weighted by Gasteiger charge is -2.36. The van der Waals surface area contributed by atoms with E-state index >= 15 is 0 Å². The fourth-order valence-corrected chi connectivity index (χ4v) is 5.20. The summed E-state index contributed by atoms with van der Waals surface area (Å²) in [6.07, 6.45) is 1.42. The van der Waals surface area contributed by atoms with E-state index in [2.05, 4.69) is 20.8 Å². The largest absolute Gasteiger partial charge is 0.325 e. The van der Waals surface area contributed by atoms with E-state index < -0.39 is 15.4 Å². The zero-order valence-corrected chi connectivity index (χ0v) is 19.2. The Kier molecular flexibility index (Phi) is 5.68. The molecule has 8 nitrogen and oxygen atoms in total. The fourth-order valence-electron chi connectivity index (χ4n) is 4.64. The lowest BCUT2D eigenvalue weighted by atomic mass is 9.72. The molecule has 4 aromatic rings. The maximum absolute atomic E-state index is 13.6. The number of hydrogen-bond acceptors (Lipinski definition) is 5. The van der Waals surface area contributed by atoms with E-state index in [1.165, 1.54) is 12.1 Å². The molecule has 1 aromatic heterocycles. The van der Waals surface area contributed by atoms with Crippen molar-refractivity contribution in [1.82, 2.24) is 15.5 Å². The van der Waals surface area contributed by atoms with Crippen LogP contribution in [0, 0.1) is 0 Å². The summed E-state index contributed by atoms with van der Waals surface area (Å²) >= 11 is 0. The Hall–Kier alpha value is -3.53. The highest BCUT2D eigenvalue weighted by Crippen LogP contribution is 2.36. The van der Waals surface area contributed by atoms with Crippen molar-refractivity contribution in [3.63, 3.8) is 0 Å². The number of sulfonamides is 1. The first-order valence-electron chi connectivity index (χ1n) is 11.1. The Balaban J connectivity index is 1.50. The number of fused-ring (bicyclic) bond motifs is 1. The number of nitrogens with zero attached hydrogens (tertiary/aromatic N) is 1. The predicted molar refractivity (Wildman–Crippen MR) is 132 cm³/mol. The third-order valence-electron chi connectivity index (χ3n) is 6.47. The van der Waals surface area contributed by atoms with Crippen molar-refractivity contribution in [2.24, 2.45) is 5.14 Å². The quantitative estimate of drug-likeness (QED) is 0.352. The molecule has 1 saturated heterocycles. The minimum Gasteiger partial charge on any atom is -0.325 e. The van der Waals surface area contributed by atoms with Gasteiger partial charge in [-0.2, -0.15) is 5.10 Å². The molecule has 5 N–H and O–H groups in total. The van der Waals surface area contributed by atoms with Crippen LogP contribution in [0.4, 0.5) is 5.69 Å². The van der Waals surface area contributed by atoms with Gasteiger partial charge in [-0.15, -0.1) is 0 Å². The number of nitrogens with one attached hydrogen (secondary N) is 3. The Morgan fingerprint density at radius 3 is 2.47 bits per heavy atom. The van der Waals surface area contributed by atoms with Crippen LogP contribution in [0.1, 0.15) is 18.4 Å². The second-order valence-corrected chi connectivity index (χ2v) is 10.1. The Morgan fingerprint density at radius 2 is 1.74 bits per heavy atom. The van der Waals surface area contributed by atoms with Gasteiger partial charge in [0, 0.05) is 16.6 Å². The molecule has 1 aliphatic rings. The topological polar surface area (TPSA) is 130 Å². The first kappa shape index (κ1) is 22.3. The molecule has 1 aliphatic heterocycles. The minimum atomic E-state index is -3.84. The van der Waals surface area contributed by atoms with E-state index in [-0.39, 0.29) is 10.8 Å². The van der Waals surface area contributed by atoms with Crippen molar-refractivity contribution in [3.05, 3.63) is 78.4 Å². The molecule has 0 radical (unpaired) electrons. The number of hydrogen-bond donors (Lipinski definition) is 4. The molecule has 5 rings (SSSR count). The highest BCUT2D eigenvalue weighted by molar-refractivity contribution is 7.89. The molecule has 0 spiro atoms. The molecule has 9 heteroatoms. The van der Waals surface area contributed by atoms with Crippen molar-refractivity contribution < 1.29 is 13.2 Å². The maximum atomic E-state index is 13.6. The molecular weight excluding hydrogens is 450 g/mol. The summed E-state index contributed by atoms with van der Waals surface area (Å²) in [7, 11) is -3.84. The van der Waals surface area contributed by atoms with Gasteiger partial charge >= 0.3 is 0 Å². The van der Waals surface area contributed by atoms with Crippen LogP contribution in [-0.2, 0) is 20.2 Å². The van der Waals surface area contributed by atoms with Crippen LogP contribution in [-0.4, -0.2) is 37.6 Å². The number of aromatic amines is 1. The predicted octanol–water partition coefficient (Wildman–Crippen LogP) is 3.14. The number of carbonyl (C=O) groups excluding carboxylic acids is 1. The summed E-state index contributed by atoms with van der Waals surface area (Å²) < 4.78 is 23.6. The molecule has 0 unspecified atom stereocenters. The molecule has 0 aliphatic carbocycles. The van der Waals surface area contributed by atoms with Crippen LogP contribution in [0.2, 0.25) is 0 Å². The third-order valence-corrected chi connectivity index (χ3v) is 7.39. The maximum Gasteiger partial charge on any atom is 0.238 e. The van der Waals surface area contributed by atoms with E-state index in [1.54, 1.807) is 12.1 Å². The lowest BCUT2D eigenvalue weighted by molar-refractivity contribution is -0.122. The second kappa shape index (κ2) is 8.68. The molecule has 34 heavy (non-hydrogen) atoms. The number of anilines is 1. The van der Waals surface area contributed by atoms with Gasteiger partial charge in [-0.25, -0.2) is 13.6 Å². The van der Waals surface area contributed by atoms with Gasteiger partial charge in [0.15, 0.2) is 0 Å². The molecule has 0 bridgehead atoms. The molecule has 1 amide bonds. The fraction of sp³-hybridized carbons (Fsp3) is 0.200. The second-order valence-electron chi connectivity index (χ2n) is 8.56. The van der Waals surface area contributed by atoms with Gasteiger partial charge in [0.2, 0.25) is 15.9 Å². The van der Waals surface area contributed by atoms with Crippen LogP contribution in [0.25, 0.3) is 22.2 Å². The Morgan fingerprint density at radius 1 is 0.971 bits per heavy atom. The summed E-state index contributed by atoms with van der Waals surface area (Å²) in [5.41, 5.74) is 3.02. The zero-order chi connectivity index (χ0) is 23.8. The number of H-pyrrole nitrogens is 1. The van der Waals surface area contributed by atoms with Gasteiger partial charge in [-0.05, 0) is 61.8 Å². The number of amides is 1. The summed E-state index contributed by atoms with van der Waals surface area (Å²) in [6.45, 7) is 1.54. The highest BCUT2D eigenvalue weighted by atomic mass is 32.2. The van der Waals surface area contributed by atoms with Crippen molar-refractivity contribution in [2.45, 2.75) is 23.2 Å². The molecule has 3 aromatic carbocycles. The van der Waals surface area contributed by atoms with Crippen molar-refractivity contribution >= 4 is 32.5 Å². The number of benzene rings is 3. The van der Waals surface area contributed by atoms with Gasteiger partial charge in [0.25, 0.3) is 0 Å². The average Bonchev–Trinajstić information content (AvgIpc) is 3.28. The van der Waals surface area contributed by atoms with E-state index in [4.69, 9.17) is 5.14 Å². The standard InChI is InChI=1S/C25H25N5O3S/c26-34(32,33)20-8-4-5-17(15-20)23-21-16-19(9-10-22(21)29-30-23)28-24(31)25(11-13-27-14-12-25)18-6-2-1-3-7-18/h1-10,15-16,27H,11-14H2,(H,28,31)(H,29,30)(H2,26,32,33). The lowest BCUT2D eigenvalue weighted by Crippen LogP contribution is -2.48. The SMILES string of the molecule is NS(=O)(=O)c1cccc(-c2n[nH]c3ccc(NC(=O)C4(c5ccccc5)CCNCC4)cc23)c1. The number of carbonyl (C=O) groups is 1. The summed E-state index contributed by atoms with van der Waals surface area (Å²) in [5, 5.41) is 19.9. The summed E-state index contributed by atoms with van der Waals surface area (Å²) in [4.78, 5) is 13.6. The number of primary sulfonamides is 1. The van der Waals surface area contributed by atoms with E-state index in [9.17, 15) is 13.2 Å². The van der Waals surface area contributed by atoms with Gasteiger partial charge in [-0.1, -0.05) is 42.5 Å². The van der Waals surface area contributed by atoms with Gasteiger partial charge in [0.1, 0.15) is 5.69 Å². The Bertz CT molecular complexity index is 1460. The number of nitrogens with two attached hydrogens (primary N) is 1. The molecule has 2 heterocycles. The minimum absolute atomic E-state index is 0.0151. The number of aromatic nitrogens is 2.